The van der Waals surface area contributed by atoms with E-state index in [1.54, 1.807) is 6.33 Å². The number of nitrogens with one attached hydrogen (secondary N) is 2. The Balaban J connectivity index is 1.60. The van der Waals surface area contributed by atoms with Crippen LogP contribution < -0.4 is 5.32 Å². The van der Waals surface area contributed by atoms with Gasteiger partial charge in [0.05, 0.1) is 17.4 Å². The van der Waals surface area contributed by atoms with Crippen molar-refractivity contribution in [2.45, 2.75) is 37.8 Å². The first-order valence-electron chi connectivity index (χ1n) is 7.80. The highest BCUT2D eigenvalue weighted by Crippen LogP contribution is 2.27. The summed E-state index contributed by atoms with van der Waals surface area (Å²) >= 11 is 0. The van der Waals surface area contributed by atoms with E-state index < -0.39 is 0 Å². The van der Waals surface area contributed by atoms with Crippen molar-refractivity contribution in [1.82, 2.24) is 20.2 Å². The van der Waals surface area contributed by atoms with Crippen molar-refractivity contribution in [2.24, 2.45) is 0 Å². The first-order valence-corrected chi connectivity index (χ1v) is 7.80. The van der Waals surface area contributed by atoms with Gasteiger partial charge in [0.1, 0.15) is 0 Å². The molecule has 5 heteroatoms. The molecule has 0 radical (unpaired) electrons. The van der Waals surface area contributed by atoms with Crippen LogP contribution in [0.5, 0.6) is 0 Å². The summed E-state index contributed by atoms with van der Waals surface area (Å²) in [4.78, 5) is 22.2. The highest BCUT2D eigenvalue weighted by atomic mass is 16.2. The van der Waals surface area contributed by atoms with Gasteiger partial charge < -0.3 is 15.2 Å². The SMILES string of the molecule is O=C(c1ccc2nc[nH]c2c1)N1CCCC1C1CCCN1. The first-order chi connectivity index (χ1) is 10.3. The number of benzene rings is 1. The minimum absolute atomic E-state index is 0.155. The van der Waals surface area contributed by atoms with Gasteiger partial charge in [-0.3, -0.25) is 4.79 Å². The summed E-state index contributed by atoms with van der Waals surface area (Å²) < 4.78 is 0. The third kappa shape index (κ3) is 2.21. The zero-order valence-electron chi connectivity index (χ0n) is 12.0. The van der Waals surface area contributed by atoms with Crippen LogP contribution in [-0.4, -0.2) is 45.9 Å². The fourth-order valence-corrected chi connectivity index (χ4v) is 3.74. The second-order valence-corrected chi connectivity index (χ2v) is 6.05. The van der Waals surface area contributed by atoms with Crippen LogP contribution in [0.25, 0.3) is 11.0 Å². The minimum Gasteiger partial charge on any atom is -0.345 e. The molecular formula is C16H20N4O. The van der Waals surface area contributed by atoms with Gasteiger partial charge in [-0.1, -0.05) is 0 Å². The van der Waals surface area contributed by atoms with E-state index in [9.17, 15) is 4.79 Å². The van der Waals surface area contributed by atoms with Gasteiger partial charge in [0, 0.05) is 24.2 Å². The Labute approximate surface area is 123 Å². The van der Waals surface area contributed by atoms with E-state index in [1.165, 1.54) is 12.8 Å². The molecule has 2 aliphatic rings. The summed E-state index contributed by atoms with van der Waals surface area (Å²) in [6.45, 7) is 1.96. The van der Waals surface area contributed by atoms with Crippen LogP contribution in [0.4, 0.5) is 0 Å². The molecule has 3 heterocycles. The number of aromatic amines is 1. The van der Waals surface area contributed by atoms with Crippen molar-refractivity contribution in [2.75, 3.05) is 13.1 Å². The molecule has 0 saturated carbocycles. The number of likely N-dealkylation sites (tertiary alicyclic amines) is 1. The van der Waals surface area contributed by atoms with Gasteiger partial charge >= 0.3 is 0 Å². The summed E-state index contributed by atoms with van der Waals surface area (Å²) in [6, 6.07) is 6.56. The molecule has 1 aromatic carbocycles. The van der Waals surface area contributed by atoms with E-state index in [0.717, 1.165) is 42.5 Å². The lowest BCUT2D eigenvalue weighted by Gasteiger charge is -2.29. The van der Waals surface area contributed by atoms with Crippen LogP contribution in [0.15, 0.2) is 24.5 Å². The number of aromatic nitrogens is 2. The van der Waals surface area contributed by atoms with E-state index in [0.29, 0.717) is 12.1 Å². The lowest BCUT2D eigenvalue weighted by molar-refractivity contribution is 0.0711. The molecule has 1 amide bonds. The Hall–Kier alpha value is -1.88. The van der Waals surface area contributed by atoms with Crippen molar-refractivity contribution in [3.05, 3.63) is 30.1 Å². The Kier molecular flexibility index (Phi) is 3.15. The maximum atomic E-state index is 12.8. The molecule has 2 atom stereocenters. The molecule has 1 aromatic heterocycles. The standard InChI is InChI=1S/C16H20N4O/c21-16(11-5-6-12-14(9-11)19-10-18-12)20-8-2-4-15(20)13-3-1-7-17-13/h5-6,9-10,13,15,17H,1-4,7-8H2,(H,18,19). The second-order valence-electron chi connectivity index (χ2n) is 6.05. The first kappa shape index (κ1) is 12.8. The predicted octanol–water partition coefficient (Wildman–Crippen LogP) is 1.92. The predicted molar refractivity (Wildman–Crippen MR) is 81.2 cm³/mol. The Morgan fingerprint density at radius 1 is 1.29 bits per heavy atom. The van der Waals surface area contributed by atoms with Crippen LogP contribution in [0, 0.1) is 0 Å². The van der Waals surface area contributed by atoms with Crippen molar-refractivity contribution in [3.8, 4) is 0 Å². The van der Waals surface area contributed by atoms with E-state index in [-0.39, 0.29) is 5.91 Å². The van der Waals surface area contributed by atoms with Crippen LogP contribution in [0.3, 0.4) is 0 Å². The van der Waals surface area contributed by atoms with Crippen LogP contribution >= 0.6 is 0 Å². The molecule has 2 unspecified atom stereocenters. The summed E-state index contributed by atoms with van der Waals surface area (Å²) in [5.41, 5.74) is 2.59. The summed E-state index contributed by atoms with van der Waals surface area (Å²) in [7, 11) is 0. The molecular weight excluding hydrogens is 264 g/mol. The normalized spacial score (nSPS) is 25.8. The number of amides is 1. The number of rotatable bonds is 2. The molecule has 0 aliphatic carbocycles. The van der Waals surface area contributed by atoms with Gasteiger partial charge in [0.15, 0.2) is 0 Å². The van der Waals surface area contributed by atoms with Gasteiger partial charge in [-0.15, -0.1) is 0 Å². The zero-order valence-corrected chi connectivity index (χ0v) is 12.0. The fraction of sp³-hybridized carbons (Fsp3) is 0.500. The third-order valence-electron chi connectivity index (χ3n) is 4.79. The minimum atomic E-state index is 0.155. The van der Waals surface area contributed by atoms with Gasteiger partial charge in [-0.25, -0.2) is 4.98 Å². The number of fused-ring (bicyclic) bond motifs is 1. The molecule has 21 heavy (non-hydrogen) atoms. The number of carbonyl (C=O) groups excluding carboxylic acids is 1. The van der Waals surface area contributed by atoms with E-state index >= 15 is 0 Å². The molecule has 2 saturated heterocycles. The number of hydrogen-bond donors (Lipinski definition) is 2. The van der Waals surface area contributed by atoms with E-state index in [1.807, 2.05) is 18.2 Å². The topological polar surface area (TPSA) is 61.0 Å². The van der Waals surface area contributed by atoms with E-state index in [4.69, 9.17) is 0 Å². The molecule has 0 spiro atoms. The molecule has 5 nitrogen and oxygen atoms in total. The number of nitrogens with zero attached hydrogens (tertiary/aromatic N) is 2. The number of carbonyl (C=O) groups is 1. The molecule has 4 rings (SSSR count). The van der Waals surface area contributed by atoms with Crippen molar-refractivity contribution >= 4 is 16.9 Å². The molecule has 2 aromatic rings. The maximum Gasteiger partial charge on any atom is 0.254 e. The zero-order chi connectivity index (χ0) is 14.2. The summed E-state index contributed by atoms with van der Waals surface area (Å²) in [5.74, 6) is 0.155. The van der Waals surface area contributed by atoms with Gasteiger partial charge in [-0.05, 0) is 50.4 Å². The second kappa shape index (κ2) is 5.15. The quantitative estimate of drug-likeness (QED) is 0.885. The van der Waals surface area contributed by atoms with Crippen LogP contribution in [0.1, 0.15) is 36.0 Å². The number of imidazole rings is 1. The smallest absolute Gasteiger partial charge is 0.254 e. The van der Waals surface area contributed by atoms with Crippen molar-refractivity contribution in [3.63, 3.8) is 0 Å². The Morgan fingerprint density at radius 2 is 2.24 bits per heavy atom. The molecule has 110 valence electrons. The lowest BCUT2D eigenvalue weighted by atomic mass is 10.0. The monoisotopic (exact) mass is 284 g/mol. The van der Waals surface area contributed by atoms with Crippen molar-refractivity contribution in [1.29, 1.82) is 0 Å². The largest absolute Gasteiger partial charge is 0.345 e. The highest BCUT2D eigenvalue weighted by molar-refractivity contribution is 5.97. The third-order valence-corrected chi connectivity index (χ3v) is 4.79. The fourth-order valence-electron chi connectivity index (χ4n) is 3.74. The number of hydrogen-bond acceptors (Lipinski definition) is 3. The Morgan fingerprint density at radius 3 is 3.10 bits per heavy atom. The van der Waals surface area contributed by atoms with Gasteiger partial charge in [0.2, 0.25) is 0 Å². The average molecular weight is 284 g/mol. The molecule has 2 N–H and O–H groups in total. The van der Waals surface area contributed by atoms with Gasteiger partial charge in [-0.2, -0.15) is 0 Å². The van der Waals surface area contributed by atoms with E-state index in [2.05, 4.69) is 20.2 Å². The highest BCUT2D eigenvalue weighted by Gasteiger charge is 2.36. The Bertz CT molecular complexity index is 659. The van der Waals surface area contributed by atoms with Crippen LogP contribution in [0.2, 0.25) is 0 Å². The molecule has 2 aliphatic heterocycles. The average Bonchev–Trinajstić information content (AvgIpc) is 3.24. The summed E-state index contributed by atoms with van der Waals surface area (Å²) in [5, 5.41) is 3.55. The van der Waals surface area contributed by atoms with Crippen LogP contribution in [-0.2, 0) is 0 Å². The summed E-state index contributed by atoms with van der Waals surface area (Å²) in [6.07, 6.45) is 6.31. The molecule has 0 bridgehead atoms. The van der Waals surface area contributed by atoms with Crippen molar-refractivity contribution < 1.29 is 4.79 Å². The lowest BCUT2D eigenvalue weighted by Crippen LogP contribution is -2.46. The van der Waals surface area contributed by atoms with Gasteiger partial charge in [0.25, 0.3) is 5.91 Å². The molecule has 2 fully saturated rings. The maximum absolute atomic E-state index is 12.8. The number of H-pyrrole nitrogens is 1.